The molecule has 0 amide bonds. The van der Waals surface area contributed by atoms with Gasteiger partial charge in [0.1, 0.15) is 11.4 Å². The zero-order valence-corrected chi connectivity index (χ0v) is 13.0. The average Bonchev–Trinajstić information content (AvgIpc) is 2.43. The lowest BCUT2D eigenvalue weighted by molar-refractivity contribution is -0.384. The van der Waals surface area contributed by atoms with Gasteiger partial charge in [0.25, 0.3) is 5.69 Å². The summed E-state index contributed by atoms with van der Waals surface area (Å²) in [4.78, 5) is 10.9. The van der Waals surface area contributed by atoms with Crippen molar-refractivity contribution in [2.75, 3.05) is 11.9 Å². The van der Waals surface area contributed by atoms with Crippen molar-refractivity contribution < 1.29 is 9.66 Å². The Kier molecular flexibility index (Phi) is 5.04. The molecule has 1 aliphatic rings. The van der Waals surface area contributed by atoms with E-state index in [1.54, 1.807) is 12.1 Å². The highest BCUT2D eigenvalue weighted by Crippen LogP contribution is 2.34. The van der Waals surface area contributed by atoms with Gasteiger partial charge in [-0.15, -0.1) is 0 Å². The van der Waals surface area contributed by atoms with E-state index in [0.717, 1.165) is 12.3 Å². The summed E-state index contributed by atoms with van der Waals surface area (Å²) in [5.41, 5.74) is 0.682. The van der Waals surface area contributed by atoms with Gasteiger partial charge in [0.2, 0.25) is 0 Å². The third-order valence-electron chi connectivity index (χ3n) is 4.25. The zero-order valence-electron chi connectivity index (χ0n) is 13.0. The molecule has 0 spiro atoms. The van der Waals surface area contributed by atoms with Gasteiger partial charge >= 0.3 is 0 Å². The van der Waals surface area contributed by atoms with Gasteiger partial charge in [-0.05, 0) is 50.2 Å². The van der Waals surface area contributed by atoms with Crippen LogP contribution in [0, 0.1) is 22.0 Å². The molecule has 1 aromatic rings. The van der Waals surface area contributed by atoms with Crippen LogP contribution in [0.2, 0.25) is 0 Å². The minimum atomic E-state index is -0.346. The highest BCUT2D eigenvalue weighted by molar-refractivity contribution is 5.64. The molecule has 3 atom stereocenters. The SMILES string of the molecule is CCOc1ccc(NC2CCC(C)CC2C)c([N+](=O)[O-])c1. The second kappa shape index (κ2) is 6.78. The molecule has 1 fully saturated rings. The lowest BCUT2D eigenvalue weighted by Gasteiger charge is -2.33. The molecule has 1 saturated carbocycles. The summed E-state index contributed by atoms with van der Waals surface area (Å²) in [6.07, 6.45) is 3.40. The molecule has 0 saturated heterocycles. The number of ether oxygens (including phenoxy) is 1. The summed E-state index contributed by atoms with van der Waals surface area (Å²) < 4.78 is 5.34. The molecular formula is C16H24N2O3. The van der Waals surface area contributed by atoms with Crippen molar-refractivity contribution in [1.82, 2.24) is 0 Å². The Morgan fingerprint density at radius 3 is 2.76 bits per heavy atom. The number of benzene rings is 1. The number of nitro groups is 1. The van der Waals surface area contributed by atoms with Gasteiger partial charge in [-0.25, -0.2) is 0 Å². The third kappa shape index (κ3) is 3.86. The molecule has 5 nitrogen and oxygen atoms in total. The molecule has 0 bridgehead atoms. The van der Waals surface area contributed by atoms with E-state index < -0.39 is 0 Å². The Bertz CT molecular complexity index is 504. The fourth-order valence-corrected chi connectivity index (χ4v) is 3.12. The van der Waals surface area contributed by atoms with Crippen molar-refractivity contribution in [2.24, 2.45) is 11.8 Å². The molecule has 21 heavy (non-hydrogen) atoms. The standard InChI is InChI=1S/C16H24N2O3/c1-4-21-13-6-8-15(16(10-13)18(19)20)17-14-7-5-11(2)9-12(14)3/h6,8,10-12,14,17H,4-5,7,9H2,1-3H3. The lowest BCUT2D eigenvalue weighted by atomic mass is 9.80. The van der Waals surface area contributed by atoms with Crippen LogP contribution in [-0.4, -0.2) is 17.6 Å². The molecule has 0 heterocycles. The molecule has 0 aliphatic heterocycles. The summed E-state index contributed by atoms with van der Waals surface area (Å²) in [6.45, 7) is 6.85. The number of nitro benzene ring substituents is 1. The highest BCUT2D eigenvalue weighted by atomic mass is 16.6. The molecule has 116 valence electrons. The van der Waals surface area contributed by atoms with E-state index in [-0.39, 0.29) is 10.6 Å². The van der Waals surface area contributed by atoms with Gasteiger partial charge in [-0.1, -0.05) is 13.8 Å². The maximum absolute atomic E-state index is 11.3. The molecule has 0 aromatic heterocycles. The summed E-state index contributed by atoms with van der Waals surface area (Å²) >= 11 is 0. The summed E-state index contributed by atoms with van der Waals surface area (Å²) in [6, 6.07) is 5.35. The van der Waals surface area contributed by atoms with Crippen LogP contribution >= 0.6 is 0 Å². The van der Waals surface area contributed by atoms with Crippen LogP contribution in [0.15, 0.2) is 18.2 Å². The first-order chi connectivity index (χ1) is 10.0. The van der Waals surface area contributed by atoms with E-state index in [0.29, 0.717) is 30.0 Å². The van der Waals surface area contributed by atoms with Crippen molar-refractivity contribution in [3.05, 3.63) is 28.3 Å². The van der Waals surface area contributed by atoms with E-state index in [2.05, 4.69) is 19.2 Å². The molecule has 1 aliphatic carbocycles. The van der Waals surface area contributed by atoms with Crippen LogP contribution in [0.4, 0.5) is 11.4 Å². The number of hydrogen-bond acceptors (Lipinski definition) is 4. The van der Waals surface area contributed by atoms with E-state index in [1.807, 2.05) is 6.92 Å². The van der Waals surface area contributed by atoms with Crippen LogP contribution in [0.5, 0.6) is 5.75 Å². The third-order valence-corrected chi connectivity index (χ3v) is 4.25. The van der Waals surface area contributed by atoms with E-state index in [4.69, 9.17) is 4.74 Å². The first-order valence-corrected chi connectivity index (χ1v) is 7.69. The average molecular weight is 292 g/mol. The first kappa shape index (κ1) is 15.6. The minimum absolute atomic E-state index is 0.0896. The molecule has 0 radical (unpaired) electrons. The smallest absolute Gasteiger partial charge is 0.296 e. The molecule has 1 N–H and O–H groups in total. The first-order valence-electron chi connectivity index (χ1n) is 7.69. The van der Waals surface area contributed by atoms with Crippen molar-refractivity contribution in [3.8, 4) is 5.75 Å². The van der Waals surface area contributed by atoms with E-state index >= 15 is 0 Å². The van der Waals surface area contributed by atoms with Crippen LogP contribution in [0.1, 0.15) is 40.0 Å². The fraction of sp³-hybridized carbons (Fsp3) is 0.625. The Labute approximate surface area is 125 Å². The van der Waals surface area contributed by atoms with E-state index in [1.165, 1.54) is 18.9 Å². The molecule has 2 rings (SSSR count). The lowest BCUT2D eigenvalue weighted by Crippen LogP contribution is -2.33. The van der Waals surface area contributed by atoms with Gasteiger partial charge in [0.15, 0.2) is 0 Å². The van der Waals surface area contributed by atoms with Gasteiger partial charge in [-0.3, -0.25) is 10.1 Å². The number of nitrogens with one attached hydrogen (secondary N) is 1. The monoisotopic (exact) mass is 292 g/mol. The van der Waals surface area contributed by atoms with Gasteiger partial charge < -0.3 is 10.1 Å². The van der Waals surface area contributed by atoms with Gasteiger partial charge in [0, 0.05) is 6.04 Å². The molecule has 5 heteroatoms. The van der Waals surface area contributed by atoms with Crippen LogP contribution in [0.3, 0.4) is 0 Å². The van der Waals surface area contributed by atoms with Crippen LogP contribution in [0.25, 0.3) is 0 Å². The van der Waals surface area contributed by atoms with Gasteiger partial charge in [-0.2, -0.15) is 0 Å². The predicted molar refractivity (Wildman–Crippen MR) is 83.9 cm³/mol. The fourth-order valence-electron chi connectivity index (χ4n) is 3.12. The molecule has 1 aromatic carbocycles. The zero-order chi connectivity index (χ0) is 15.4. The largest absolute Gasteiger partial charge is 0.494 e. The molecule has 3 unspecified atom stereocenters. The van der Waals surface area contributed by atoms with Crippen LogP contribution in [-0.2, 0) is 0 Å². The quantitative estimate of drug-likeness (QED) is 0.651. The second-order valence-corrected chi connectivity index (χ2v) is 6.02. The number of anilines is 1. The molecular weight excluding hydrogens is 268 g/mol. The highest BCUT2D eigenvalue weighted by Gasteiger charge is 2.27. The summed E-state index contributed by atoms with van der Waals surface area (Å²) in [7, 11) is 0. The summed E-state index contributed by atoms with van der Waals surface area (Å²) in [5.74, 6) is 1.81. The second-order valence-electron chi connectivity index (χ2n) is 6.02. The van der Waals surface area contributed by atoms with Gasteiger partial charge in [0.05, 0.1) is 17.6 Å². The number of rotatable bonds is 5. The van der Waals surface area contributed by atoms with Crippen molar-refractivity contribution in [2.45, 2.75) is 46.1 Å². The maximum Gasteiger partial charge on any atom is 0.296 e. The normalized spacial score (nSPS) is 25.4. The number of nitrogens with zero attached hydrogens (tertiary/aromatic N) is 1. The summed E-state index contributed by atoms with van der Waals surface area (Å²) in [5, 5.41) is 14.6. The van der Waals surface area contributed by atoms with Crippen LogP contribution < -0.4 is 10.1 Å². The predicted octanol–water partition coefficient (Wildman–Crippen LogP) is 4.23. The van der Waals surface area contributed by atoms with E-state index in [9.17, 15) is 10.1 Å². The van der Waals surface area contributed by atoms with Crippen molar-refractivity contribution in [3.63, 3.8) is 0 Å². The number of hydrogen-bond donors (Lipinski definition) is 1. The maximum atomic E-state index is 11.3. The Morgan fingerprint density at radius 1 is 1.38 bits per heavy atom. The van der Waals surface area contributed by atoms with Crippen molar-refractivity contribution in [1.29, 1.82) is 0 Å². The van der Waals surface area contributed by atoms with Crippen molar-refractivity contribution >= 4 is 11.4 Å². The Hall–Kier alpha value is -1.78. The Balaban J connectivity index is 2.17. The minimum Gasteiger partial charge on any atom is -0.494 e. The topological polar surface area (TPSA) is 64.4 Å². The Morgan fingerprint density at radius 2 is 2.14 bits per heavy atom.